The molecule has 1 aliphatic heterocycles. The van der Waals surface area contributed by atoms with Crippen molar-refractivity contribution in [3.8, 4) is 17.1 Å². The average molecular weight is 329 g/mol. The Balaban J connectivity index is 2.01. The summed E-state index contributed by atoms with van der Waals surface area (Å²) in [5.74, 6) is 0.538. The number of hydrogen-bond acceptors (Lipinski definition) is 5. The number of hydrogen-bond donors (Lipinski definition) is 0. The zero-order chi connectivity index (χ0) is 17.5. The molecule has 7 heteroatoms. The van der Waals surface area contributed by atoms with E-state index in [0.717, 1.165) is 16.7 Å². The number of ether oxygens (including phenoxy) is 1. The highest BCUT2D eigenvalue weighted by molar-refractivity contribution is 6.63. The third-order valence-corrected chi connectivity index (χ3v) is 4.68. The molecule has 0 N–H and O–H groups in total. The van der Waals surface area contributed by atoms with Crippen molar-refractivity contribution in [3.05, 3.63) is 24.5 Å². The van der Waals surface area contributed by atoms with Crippen molar-refractivity contribution in [2.45, 2.75) is 45.8 Å². The third-order valence-electron chi connectivity index (χ3n) is 4.68. The average Bonchev–Trinajstić information content (AvgIpc) is 3.01. The normalized spacial score (nSPS) is 18.8. The topological polar surface area (TPSA) is 58.4 Å². The highest BCUT2D eigenvalue weighted by Gasteiger charge is 2.52. The zero-order valence-corrected chi connectivity index (χ0v) is 15.2. The summed E-state index contributed by atoms with van der Waals surface area (Å²) in [6.07, 6.45) is 3.67. The summed E-state index contributed by atoms with van der Waals surface area (Å²) >= 11 is 0. The summed E-state index contributed by atoms with van der Waals surface area (Å²) in [5.41, 5.74) is 1.72. The maximum Gasteiger partial charge on any atom is 0.500 e. The van der Waals surface area contributed by atoms with E-state index in [1.54, 1.807) is 10.9 Å². The van der Waals surface area contributed by atoms with Crippen molar-refractivity contribution in [1.82, 2.24) is 14.8 Å². The minimum atomic E-state index is -0.521. The van der Waals surface area contributed by atoms with Crippen LogP contribution in [-0.4, -0.2) is 39.7 Å². The molecule has 0 radical (unpaired) electrons. The van der Waals surface area contributed by atoms with Crippen molar-refractivity contribution in [2.24, 2.45) is 7.05 Å². The number of aryl methyl sites for hydroxylation is 1. The number of rotatable bonds is 4. The first-order valence-corrected chi connectivity index (χ1v) is 8.22. The summed E-state index contributed by atoms with van der Waals surface area (Å²) in [6, 6.07) is 3.94. The van der Waals surface area contributed by atoms with Crippen molar-refractivity contribution in [1.29, 1.82) is 0 Å². The predicted octanol–water partition coefficient (Wildman–Crippen LogP) is 2.18. The zero-order valence-electron chi connectivity index (χ0n) is 15.2. The van der Waals surface area contributed by atoms with Gasteiger partial charge in [-0.1, -0.05) is 0 Å². The van der Waals surface area contributed by atoms with Gasteiger partial charge in [-0.15, -0.1) is 0 Å². The van der Waals surface area contributed by atoms with Crippen molar-refractivity contribution in [3.63, 3.8) is 0 Å². The molecule has 0 spiro atoms. The van der Waals surface area contributed by atoms with Gasteiger partial charge >= 0.3 is 7.12 Å². The van der Waals surface area contributed by atoms with E-state index in [0.29, 0.717) is 12.5 Å². The maximum atomic E-state index is 6.17. The molecule has 24 heavy (non-hydrogen) atoms. The van der Waals surface area contributed by atoms with E-state index in [4.69, 9.17) is 14.0 Å². The van der Waals surface area contributed by atoms with Crippen LogP contribution >= 0.6 is 0 Å². The van der Waals surface area contributed by atoms with Crippen molar-refractivity contribution in [2.75, 3.05) is 6.61 Å². The SMILES string of the molecule is CCOc1ncc(-c2ccn(C)n2)cc1B1OC(C)(C)C(C)(C)O1. The van der Waals surface area contributed by atoms with Gasteiger partial charge in [-0.2, -0.15) is 5.10 Å². The maximum absolute atomic E-state index is 6.17. The molecule has 1 aliphatic rings. The first kappa shape index (κ1) is 17.0. The van der Waals surface area contributed by atoms with Gasteiger partial charge in [-0.05, 0) is 46.8 Å². The van der Waals surface area contributed by atoms with Gasteiger partial charge in [0.2, 0.25) is 5.88 Å². The van der Waals surface area contributed by atoms with Crippen LogP contribution in [0.15, 0.2) is 24.5 Å². The number of nitrogens with zero attached hydrogens (tertiary/aromatic N) is 3. The third kappa shape index (κ3) is 2.94. The van der Waals surface area contributed by atoms with Crippen LogP contribution in [0.25, 0.3) is 11.3 Å². The van der Waals surface area contributed by atoms with Gasteiger partial charge in [0.15, 0.2) is 0 Å². The van der Waals surface area contributed by atoms with Gasteiger partial charge in [0, 0.05) is 30.5 Å². The Morgan fingerprint density at radius 2 is 1.88 bits per heavy atom. The largest absolute Gasteiger partial charge is 0.500 e. The molecule has 1 fully saturated rings. The second kappa shape index (κ2) is 5.90. The molecule has 128 valence electrons. The molecule has 0 atom stereocenters. The first-order chi connectivity index (χ1) is 11.2. The standard InChI is InChI=1S/C17H24BN3O3/c1-7-22-15-13(18-23-16(2,3)17(4,5)24-18)10-12(11-19-15)14-8-9-21(6)20-14/h8-11H,7H2,1-6H3. The minimum Gasteiger partial charge on any atom is -0.478 e. The van der Waals surface area contributed by atoms with Crippen LogP contribution in [0, 0.1) is 0 Å². The van der Waals surface area contributed by atoms with Gasteiger partial charge in [0.05, 0.1) is 23.5 Å². The second-order valence-electron chi connectivity index (χ2n) is 7.01. The van der Waals surface area contributed by atoms with Gasteiger partial charge < -0.3 is 14.0 Å². The van der Waals surface area contributed by atoms with Gasteiger partial charge in [0.1, 0.15) is 0 Å². The minimum absolute atomic E-state index is 0.415. The molecule has 0 amide bonds. The van der Waals surface area contributed by atoms with Crippen LogP contribution in [0.3, 0.4) is 0 Å². The van der Waals surface area contributed by atoms with E-state index in [2.05, 4.69) is 10.1 Å². The summed E-state index contributed by atoms with van der Waals surface area (Å²) in [7, 11) is 1.37. The molecule has 3 heterocycles. The van der Waals surface area contributed by atoms with Crippen LogP contribution in [0.2, 0.25) is 0 Å². The monoisotopic (exact) mass is 329 g/mol. The molecule has 0 saturated carbocycles. The molecular formula is C17H24BN3O3. The van der Waals surface area contributed by atoms with Crippen LogP contribution in [-0.2, 0) is 16.4 Å². The van der Waals surface area contributed by atoms with E-state index in [9.17, 15) is 0 Å². The fraction of sp³-hybridized carbons (Fsp3) is 0.529. The lowest BCUT2D eigenvalue weighted by Gasteiger charge is -2.32. The van der Waals surface area contributed by atoms with E-state index in [1.807, 2.05) is 60.0 Å². The van der Waals surface area contributed by atoms with Gasteiger partial charge in [-0.25, -0.2) is 4.98 Å². The summed E-state index contributed by atoms with van der Waals surface area (Å²) in [5, 5.41) is 4.44. The molecule has 2 aromatic heterocycles. The summed E-state index contributed by atoms with van der Waals surface area (Å²) in [4.78, 5) is 4.46. The van der Waals surface area contributed by atoms with Crippen LogP contribution in [0.5, 0.6) is 5.88 Å². The molecule has 6 nitrogen and oxygen atoms in total. The van der Waals surface area contributed by atoms with E-state index < -0.39 is 18.3 Å². The lowest BCUT2D eigenvalue weighted by molar-refractivity contribution is 0.00578. The molecule has 0 bridgehead atoms. The fourth-order valence-electron chi connectivity index (χ4n) is 2.57. The van der Waals surface area contributed by atoms with Gasteiger partial charge in [-0.3, -0.25) is 4.68 Å². The van der Waals surface area contributed by atoms with Crippen LogP contribution < -0.4 is 10.2 Å². The number of aromatic nitrogens is 3. The molecular weight excluding hydrogens is 305 g/mol. The quantitative estimate of drug-likeness (QED) is 0.805. The predicted molar refractivity (Wildman–Crippen MR) is 93.3 cm³/mol. The molecule has 3 rings (SSSR count). The Kier molecular flexibility index (Phi) is 4.17. The smallest absolute Gasteiger partial charge is 0.478 e. The van der Waals surface area contributed by atoms with Crippen molar-refractivity contribution >= 4 is 12.6 Å². The Hall–Kier alpha value is -1.86. The summed E-state index contributed by atoms with van der Waals surface area (Å²) < 4.78 is 19.8. The molecule has 0 unspecified atom stereocenters. The first-order valence-electron chi connectivity index (χ1n) is 8.22. The Bertz CT molecular complexity index is 726. The molecule has 2 aromatic rings. The molecule has 0 aliphatic carbocycles. The van der Waals surface area contributed by atoms with Gasteiger partial charge in [0.25, 0.3) is 0 Å². The summed E-state index contributed by atoms with van der Waals surface area (Å²) in [6.45, 7) is 10.6. The second-order valence-corrected chi connectivity index (χ2v) is 7.01. The van der Waals surface area contributed by atoms with E-state index in [-0.39, 0.29) is 0 Å². The fourth-order valence-corrected chi connectivity index (χ4v) is 2.57. The van der Waals surface area contributed by atoms with E-state index in [1.165, 1.54) is 0 Å². The lowest BCUT2D eigenvalue weighted by atomic mass is 9.79. The van der Waals surface area contributed by atoms with E-state index >= 15 is 0 Å². The van der Waals surface area contributed by atoms with Crippen LogP contribution in [0.1, 0.15) is 34.6 Å². The number of pyridine rings is 1. The molecule has 0 aromatic carbocycles. The van der Waals surface area contributed by atoms with Crippen molar-refractivity contribution < 1.29 is 14.0 Å². The molecule has 1 saturated heterocycles. The highest BCUT2D eigenvalue weighted by Crippen LogP contribution is 2.37. The lowest BCUT2D eigenvalue weighted by Crippen LogP contribution is -2.41. The highest BCUT2D eigenvalue weighted by atomic mass is 16.7. The Morgan fingerprint density at radius 1 is 1.21 bits per heavy atom. The Morgan fingerprint density at radius 3 is 2.42 bits per heavy atom. The van der Waals surface area contributed by atoms with Crippen LogP contribution in [0.4, 0.5) is 0 Å². The Labute approximate surface area is 143 Å².